The molecule has 1 aliphatic rings. The molecule has 0 aromatic heterocycles. The van der Waals surface area contributed by atoms with Crippen LogP contribution in [0, 0.1) is 13.8 Å². The SMILES string of the molecule is Cc1ccc(C(CN)N2CCSC(C)C2C)c(C)c1. The Bertz CT molecular complexity index is 433. The molecule has 0 saturated carbocycles. The quantitative estimate of drug-likeness (QED) is 0.921. The van der Waals surface area contributed by atoms with Crippen LogP contribution in [0.4, 0.5) is 0 Å². The van der Waals surface area contributed by atoms with Gasteiger partial charge in [-0.25, -0.2) is 0 Å². The number of nitrogens with zero attached hydrogens (tertiary/aromatic N) is 1. The normalized spacial score (nSPS) is 26.4. The lowest BCUT2D eigenvalue weighted by Crippen LogP contribution is -2.48. The van der Waals surface area contributed by atoms with Crippen molar-refractivity contribution >= 4 is 11.8 Å². The minimum atomic E-state index is 0.360. The highest BCUT2D eigenvalue weighted by atomic mass is 32.2. The number of aryl methyl sites for hydroxylation is 2. The Hall–Kier alpha value is -0.510. The van der Waals surface area contributed by atoms with Crippen molar-refractivity contribution in [2.24, 2.45) is 5.73 Å². The van der Waals surface area contributed by atoms with Gasteiger partial charge in [-0.2, -0.15) is 11.8 Å². The topological polar surface area (TPSA) is 29.3 Å². The fourth-order valence-electron chi connectivity index (χ4n) is 3.04. The highest BCUT2D eigenvalue weighted by Gasteiger charge is 2.31. The van der Waals surface area contributed by atoms with Crippen molar-refractivity contribution in [2.45, 2.75) is 45.0 Å². The lowest BCUT2D eigenvalue weighted by molar-refractivity contribution is 0.150. The van der Waals surface area contributed by atoms with Crippen molar-refractivity contribution in [3.05, 3.63) is 34.9 Å². The third-order valence-electron chi connectivity index (χ3n) is 4.34. The molecule has 2 N–H and O–H groups in total. The van der Waals surface area contributed by atoms with E-state index in [1.165, 1.54) is 22.4 Å². The predicted octanol–water partition coefficient (Wildman–Crippen LogP) is 3.13. The molecular weight excluding hydrogens is 252 g/mol. The maximum Gasteiger partial charge on any atom is 0.0476 e. The molecule has 0 bridgehead atoms. The summed E-state index contributed by atoms with van der Waals surface area (Å²) in [6.07, 6.45) is 0. The molecule has 1 fully saturated rings. The van der Waals surface area contributed by atoms with Crippen molar-refractivity contribution < 1.29 is 0 Å². The van der Waals surface area contributed by atoms with E-state index in [0.29, 0.717) is 23.9 Å². The second-order valence-corrected chi connectivity index (χ2v) is 7.15. The predicted molar refractivity (Wildman–Crippen MR) is 85.8 cm³/mol. The number of hydrogen-bond donors (Lipinski definition) is 1. The van der Waals surface area contributed by atoms with Gasteiger partial charge in [-0.05, 0) is 31.9 Å². The maximum atomic E-state index is 6.10. The standard InChI is InChI=1S/C16H26N2S/c1-11-5-6-15(12(2)9-11)16(10-17)18-7-8-19-14(4)13(18)3/h5-6,9,13-14,16H,7-8,10,17H2,1-4H3. The Morgan fingerprint density at radius 1 is 1.37 bits per heavy atom. The van der Waals surface area contributed by atoms with E-state index in [9.17, 15) is 0 Å². The molecule has 1 saturated heterocycles. The van der Waals surface area contributed by atoms with Crippen LogP contribution in [0.5, 0.6) is 0 Å². The van der Waals surface area contributed by atoms with Gasteiger partial charge in [0.2, 0.25) is 0 Å². The summed E-state index contributed by atoms with van der Waals surface area (Å²) in [5, 5.41) is 0.688. The maximum absolute atomic E-state index is 6.10. The van der Waals surface area contributed by atoms with Gasteiger partial charge in [0.1, 0.15) is 0 Å². The number of nitrogens with two attached hydrogens (primary N) is 1. The van der Waals surface area contributed by atoms with Crippen LogP contribution >= 0.6 is 11.8 Å². The van der Waals surface area contributed by atoms with Gasteiger partial charge in [0.05, 0.1) is 0 Å². The van der Waals surface area contributed by atoms with E-state index in [-0.39, 0.29) is 0 Å². The summed E-state index contributed by atoms with van der Waals surface area (Å²) in [6.45, 7) is 10.9. The summed E-state index contributed by atoms with van der Waals surface area (Å²) in [7, 11) is 0. The summed E-state index contributed by atoms with van der Waals surface area (Å²) in [4.78, 5) is 2.60. The molecule has 2 nitrogen and oxygen atoms in total. The van der Waals surface area contributed by atoms with Crippen LogP contribution in [0.25, 0.3) is 0 Å². The van der Waals surface area contributed by atoms with Crippen molar-refractivity contribution in [3.63, 3.8) is 0 Å². The van der Waals surface area contributed by atoms with Gasteiger partial charge in [-0.1, -0.05) is 30.7 Å². The smallest absolute Gasteiger partial charge is 0.0476 e. The zero-order chi connectivity index (χ0) is 14.0. The lowest BCUT2D eigenvalue weighted by Gasteiger charge is -2.42. The highest BCUT2D eigenvalue weighted by Crippen LogP contribution is 2.32. The summed E-state index contributed by atoms with van der Waals surface area (Å²) in [5.74, 6) is 1.22. The first kappa shape index (κ1) is 14.9. The molecule has 0 spiro atoms. The first-order valence-corrected chi connectivity index (χ1v) is 8.24. The molecule has 106 valence electrons. The summed E-state index contributed by atoms with van der Waals surface area (Å²) in [6, 6.07) is 7.69. The van der Waals surface area contributed by atoms with Crippen LogP contribution in [-0.2, 0) is 0 Å². The Kier molecular flexibility index (Phi) is 4.93. The Morgan fingerprint density at radius 2 is 2.11 bits per heavy atom. The van der Waals surface area contributed by atoms with Crippen LogP contribution in [0.2, 0.25) is 0 Å². The summed E-state index contributed by atoms with van der Waals surface area (Å²) >= 11 is 2.08. The van der Waals surface area contributed by atoms with Crippen LogP contribution < -0.4 is 5.73 Å². The fraction of sp³-hybridized carbons (Fsp3) is 0.625. The first-order chi connectivity index (χ1) is 9.04. The molecule has 0 radical (unpaired) electrons. The van der Waals surface area contributed by atoms with Gasteiger partial charge in [0.15, 0.2) is 0 Å². The van der Waals surface area contributed by atoms with Gasteiger partial charge < -0.3 is 5.73 Å². The minimum Gasteiger partial charge on any atom is -0.329 e. The van der Waals surface area contributed by atoms with E-state index in [1.54, 1.807) is 0 Å². The van der Waals surface area contributed by atoms with Crippen LogP contribution in [-0.4, -0.2) is 35.0 Å². The van der Waals surface area contributed by atoms with Gasteiger partial charge in [0, 0.05) is 36.2 Å². The van der Waals surface area contributed by atoms with Gasteiger partial charge in [-0.15, -0.1) is 0 Å². The molecule has 3 unspecified atom stereocenters. The highest BCUT2D eigenvalue weighted by molar-refractivity contribution is 8.00. The molecule has 19 heavy (non-hydrogen) atoms. The van der Waals surface area contributed by atoms with Crippen molar-refractivity contribution in [2.75, 3.05) is 18.8 Å². The minimum absolute atomic E-state index is 0.360. The Morgan fingerprint density at radius 3 is 2.74 bits per heavy atom. The number of hydrogen-bond acceptors (Lipinski definition) is 3. The summed E-state index contributed by atoms with van der Waals surface area (Å²) in [5.41, 5.74) is 10.2. The van der Waals surface area contributed by atoms with E-state index in [1.807, 2.05) is 0 Å². The lowest BCUT2D eigenvalue weighted by atomic mass is 9.96. The molecule has 0 aliphatic carbocycles. The molecule has 1 heterocycles. The van der Waals surface area contributed by atoms with Crippen LogP contribution in [0.1, 0.15) is 36.6 Å². The van der Waals surface area contributed by atoms with Crippen molar-refractivity contribution in [3.8, 4) is 0 Å². The molecular formula is C16H26N2S. The van der Waals surface area contributed by atoms with Gasteiger partial charge in [-0.3, -0.25) is 4.90 Å². The first-order valence-electron chi connectivity index (χ1n) is 7.19. The van der Waals surface area contributed by atoms with E-state index in [0.717, 1.165) is 6.54 Å². The van der Waals surface area contributed by atoms with Crippen LogP contribution in [0.3, 0.4) is 0 Å². The van der Waals surface area contributed by atoms with E-state index < -0.39 is 0 Å². The van der Waals surface area contributed by atoms with Gasteiger partial charge in [0.25, 0.3) is 0 Å². The Balaban J connectivity index is 2.28. The molecule has 1 aromatic rings. The van der Waals surface area contributed by atoms with Gasteiger partial charge >= 0.3 is 0 Å². The average molecular weight is 278 g/mol. The molecule has 3 heteroatoms. The van der Waals surface area contributed by atoms with Crippen LogP contribution in [0.15, 0.2) is 18.2 Å². The number of rotatable bonds is 3. The molecule has 2 rings (SSSR count). The zero-order valence-corrected chi connectivity index (χ0v) is 13.3. The van der Waals surface area contributed by atoms with E-state index >= 15 is 0 Å². The van der Waals surface area contributed by atoms with E-state index in [4.69, 9.17) is 5.73 Å². The van der Waals surface area contributed by atoms with Crippen molar-refractivity contribution in [1.29, 1.82) is 0 Å². The number of benzene rings is 1. The average Bonchev–Trinajstić information content (AvgIpc) is 2.37. The largest absolute Gasteiger partial charge is 0.329 e. The van der Waals surface area contributed by atoms with E-state index in [2.05, 4.69) is 62.6 Å². The fourth-order valence-corrected chi connectivity index (χ4v) is 4.16. The third kappa shape index (κ3) is 3.15. The third-order valence-corrected chi connectivity index (χ3v) is 5.68. The summed E-state index contributed by atoms with van der Waals surface area (Å²) < 4.78 is 0. The molecule has 0 amide bonds. The second-order valence-electron chi connectivity index (χ2n) is 5.67. The Labute approximate surface area is 121 Å². The molecule has 1 aliphatic heterocycles. The monoisotopic (exact) mass is 278 g/mol. The molecule has 3 atom stereocenters. The van der Waals surface area contributed by atoms with Crippen molar-refractivity contribution in [1.82, 2.24) is 4.90 Å². The number of thioether (sulfide) groups is 1. The zero-order valence-electron chi connectivity index (χ0n) is 12.5. The molecule has 1 aromatic carbocycles. The second kappa shape index (κ2) is 6.29.